The van der Waals surface area contributed by atoms with Crippen molar-refractivity contribution in [1.29, 1.82) is 0 Å². The number of rotatable bonds is 22. The SMILES string of the molecule is CCCCCCCCCCCCC(CCCCCCCCCC)Cn1c(=O)c2ccc3c(=O)c(=O)c4ccc(c1=O)c2c34. The van der Waals surface area contributed by atoms with Crippen molar-refractivity contribution in [3.63, 3.8) is 0 Å². The zero-order valence-corrected chi connectivity index (χ0v) is 26.8. The first-order valence-corrected chi connectivity index (χ1v) is 17.5. The van der Waals surface area contributed by atoms with Gasteiger partial charge in [-0.05, 0) is 43.0 Å². The molecule has 4 aromatic rings. The second kappa shape index (κ2) is 16.9. The second-order valence-corrected chi connectivity index (χ2v) is 13.1. The van der Waals surface area contributed by atoms with Gasteiger partial charge >= 0.3 is 0 Å². The van der Waals surface area contributed by atoms with E-state index in [9.17, 15) is 19.2 Å². The van der Waals surface area contributed by atoms with E-state index >= 15 is 0 Å². The van der Waals surface area contributed by atoms with Crippen LogP contribution in [0.2, 0.25) is 0 Å². The molecule has 5 nitrogen and oxygen atoms in total. The van der Waals surface area contributed by atoms with Gasteiger partial charge in [0.05, 0.1) is 0 Å². The first kappa shape index (κ1) is 33.1. The molecule has 1 atom stereocenters. The van der Waals surface area contributed by atoms with Crippen LogP contribution in [-0.2, 0) is 6.54 Å². The summed E-state index contributed by atoms with van der Waals surface area (Å²) in [5.41, 5.74) is -1.69. The molecule has 0 radical (unpaired) electrons. The highest BCUT2D eigenvalue weighted by molar-refractivity contribution is 6.23. The molecular weight excluding hydrogens is 534 g/mol. The summed E-state index contributed by atoms with van der Waals surface area (Å²) in [5, 5.41) is 2.44. The summed E-state index contributed by atoms with van der Waals surface area (Å²) < 4.78 is 1.45. The molecule has 5 heteroatoms. The highest BCUT2D eigenvalue weighted by Crippen LogP contribution is 2.29. The van der Waals surface area contributed by atoms with E-state index < -0.39 is 10.9 Å². The van der Waals surface area contributed by atoms with Crippen molar-refractivity contribution < 1.29 is 0 Å². The Hall–Kier alpha value is -2.82. The molecule has 3 aromatic carbocycles. The molecule has 0 amide bonds. The fourth-order valence-electron chi connectivity index (χ4n) is 7.10. The largest absolute Gasteiger partial charge is 0.285 e. The van der Waals surface area contributed by atoms with Crippen LogP contribution in [0.1, 0.15) is 142 Å². The molecule has 0 aliphatic heterocycles. The van der Waals surface area contributed by atoms with Gasteiger partial charge in [0.1, 0.15) is 0 Å². The highest BCUT2D eigenvalue weighted by Gasteiger charge is 2.22. The summed E-state index contributed by atoms with van der Waals surface area (Å²) in [7, 11) is 0. The molecule has 0 saturated heterocycles. The molecule has 234 valence electrons. The second-order valence-electron chi connectivity index (χ2n) is 13.1. The Labute approximate surface area is 256 Å². The molecule has 0 N–H and O–H groups in total. The maximum Gasteiger partial charge on any atom is 0.261 e. The number of nitrogens with zero attached hydrogens (tertiary/aromatic N) is 1. The average Bonchev–Trinajstić information content (AvgIpc) is 3.26. The molecule has 0 bridgehead atoms. The average molecular weight is 588 g/mol. The van der Waals surface area contributed by atoms with Gasteiger partial charge < -0.3 is 0 Å². The van der Waals surface area contributed by atoms with E-state index in [2.05, 4.69) is 13.8 Å². The van der Waals surface area contributed by atoms with E-state index in [4.69, 9.17) is 0 Å². The van der Waals surface area contributed by atoms with Crippen LogP contribution in [0.15, 0.2) is 43.4 Å². The fourth-order valence-corrected chi connectivity index (χ4v) is 7.10. The van der Waals surface area contributed by atoms with Gasteiger partial charge in [-0.1, -0.05) is 129 Å². The maximum atomic E-state index is 13.7. The zero-order valence-electron chi connectivity index (χ0n) is 26.8. The monoisotopic (exact) mass is 587 g/mol. The zero-order chi connectivity index (χ0) is 30.6. The van der Waals surface area contributed by atoms with Crippen LogP contribution in [0.3, 0.4) is 0 Å². The van der Waals surface area contributed by atoms with Crippen LogP contribution >= 0.6 is 0 Å². The minimum atomic E-state index is -0.553. The lowest BCUT2D eigenvalue weighted by Gasteiger charge is -2.19. The molecule has 43 heavy (non-hydrogen) atoms. The Morgan fingerprint density at radius 2 is 0.791 bits per heavy atom. The first-order chi connectivity index (χ1) is 21.0. The third kappa shape index (κ3) is 8.22. The van der Waals surface area contributed by atoms with E-state index in [1.54, 1.807) is 24.3 Å². The van der Waals surface area contributed by atoms with Crippen molar-refractivity contribution in [2.45, 2.75) is 149 Å². The molecule has 0 fully saturated rings. The Balaban J connectivity index is 1.43. The third-order valence-electron chi connectivity index (χ3n) is 9.68. The normalized spacial score (nSPS) is 12.8. The van der Waals surface area contributed by atoms with Crippen LogP contribution in [0.5, 0.6) is 0 Å². The van der Waals surface area contributed by atoms with Crippen LogP contribution < -0.4 is 22.0 Å². The van der Waals surface area contributed by atoms with Gasteiger partial charge in [0.15, 0.2) is 0 Å². The van der Waals surface area contributed by atoms with E-state index in [-0.39, 0.29) is 17.0 Å². The van der Waals surface area contributed by atoms with Crippen LogP contribution in [-0.4, -0.2) is 4.57 Å². The van der Waals surface area contributed by atoms with Gasteiger partial charge in [-0.3, -0.25) is 23.7 Å². The van der Waals surface area contributed by atoms with Gasteiger partial charge in [-0.2, -0.15) is 0 Å². The van der Waals surface area contributed by atoms with Gasteiger partial charge in [-0.25, -0.2) is 0 Å². The highest BCUT2D eigenvalue weighted by atomic mass is 16.2. The topological polar surface area (TPSA) is 73.2 Å². The summed E-state index contributed by atoms with van der Waals surface area (Å²) in [6, 6.07) is 6.45. The predicted molar refractivity (Wildman–Crippen MR) is 183 cm³/mol. The summed E-state index contributed by atoms with van der Waals surface area (Å²) in [6.07, 6.45) is 25.2. The lowest BCUT2D eigenvalue weighted by molar-refractivity contribution is 0.350. The Kier molecular flexibility index (Phi) is 13.0. The van der Waals surface area contributed by atoms with Crippen LogP contribution in [0.25, 0.3) is 32.3 Å². The minimum absolute atomic E-state index is 0.288. The lowest BCUT2D eigenvalue weighted by Crippen LogP contribution is -2.35. The van der Waals surface area contributed by atoms with E-state index in [1.165, 1.54) is 107 Å². The summed E-state index contributed by atoms with van der Waals surface area (Å²) in [4.78, 5) is 52.5. The van der Waals surface area contributed by atoms with Gasteiger partial charge in [0, 0.05) is 38.9 Å². The van der Waals surface area contributed by atoms with Crippen molar-refractivity contribution >= 4 is 32.3 Å². The third-order valence-corrected chi connectivity index (χ3v) is 9.68. The number of unbranched alkanes of at least 4 members (excludes halogenated alkanes) is 16. The summed E-state index contributed by atoms with van der Waals surface area (Å²) >= 11 is 0. The number of aromatic nitrogens is 1. The molecule has 0 aliphatic carbocycles. The lowest BCUT2D eigenvalue weighted by atomic mass is 9.93. The fraction of sp³-hybridized carbons (Fsp3) is 0.632. The molecule has 0 aliphatic rings. The Morgan fingerprint density at radius 3 is 1.19 bits per heavy atom. The maximum absolute atomic E-state index is 13.7. The summed E-state index contributed by atoms with van der Waals surface area (Å²) in [6.45, 7) is 4.95. The Bertz CT molecular complexity index is 1530. The van der Waals surface area contributed by atoms with E-state index in [0.717, 1.165) is 25.7 Å². The quantitative estimate of drug-likeness (QED) is 0.0679. The van der Waals surface area contributed by atoms with Gasteiger partial charge in [0.2, 0.25) is 10.9 Å². The minimum Gasteiger partial charge on any atom is -0.285 e. The predicted octanol–water partition coefficient (Wildman–Crippen LogP) is 9.16. The van der Waals surface area contributed by atoms with E-state index in [0.29, 0.717) is 38.9 Å². The molecule has 1 unspecified atom stereocenters. The van der Waals surface area contributed by atoms with Gasteiger partial charge in [0.25, 0.3) is 11.1 Å². The first-order valence-electron chi connectivity index (χ1n) is 17.5. The van der Waals surface area contributed by atoms with Crippen molar-refractivity contribution in [3.8, 4) is 0 Å². The molecule has 4 rings (SSSR count). The molecule has 1 aromatic heterocycles. The van der Waals surface area contributed by atoms with Crippen LogP contribution in [0.4, 0.5) is 0 Å². The van der Waals surface area contributed by atoms with Crippen molar-refractivity contribution in [2.75, 3.05) is 0 Å². The van der Waals surface area contributed by atoms with Crippen molar-refractivity contribution in [3.05, 3.63) is 65.4 Å². The molecule has 0 saturated carbocycles. The molecule has 0 spiro atoms. The smallest absolute Gasteiger partial charge is 0.261 e. The molecular formula is C38H53NO4. The van der Waals surface area contributed by atoms with Crippen LogP contribution in [0, 0.1) is 5.92 Å². The number of pyridine rings is 1. The number of hydrogen-bond donors (Lipinski definition) is 0. The summed E-state index contributed by atoms with van der Waals surface area (Å²) in [5.74, 6) is 0.288. The number of hydrogen-bond acceptors (Lipinski definition) is 4. The molecule has 1 heterocycles. The number of benzene rings is 2. The van der Waals surface area contributed by atoms with Gasteiger partial charge in [-0.15, -0.1) is 0 Å². The standard InChI is InChI=1S/C38H53NO4/c1-3-5-7-9-11-13-14-16-18-20-22-28(21-19-17-15-12-10-8-6-4-2)27-39-37(42)31-25-23-29-33-30(36(41)35(29)40)24-26-32(34(31)33)38(39)43/h23-26,28H,3-22,27H2,1-2H3. The van der Waals surface area contributed by atoms with E-state index in [1.807, 2.05) is 0 Å². The Morgan fingerprint density at radius 1 is 0.465 bits per heavy atom. The van der Waals surface area contributed by atoms with Crippen molar-refractivity contribution in [2.24, 2.45) is 5.92 Å². The van der Waals surface area contributed by atoms with Crippen molar-refractivity contribution in [1.82, 2.24) is 4.57 Å².